The highest BCUT2D eigenvalue weighted by molar-refractivity contribution is 5.94. The molecule has 0 fully saturated rings. The van der Waals surface area contributed by atoms with Crippen LogP contribution in [0.15, 0.2) is 18.2 Å². The number of nitrogens with one attached hydrogen (secondary N) is 1. The Morgan fingerprint density at radius 2 is 2.18 bits per heavy atom. The van der Waals surface area contributed by atoms with Gasteiger partial charge in [0.15, 0.2) is 0 Å². The van der Waals surface area contributed by atoms with Crippen LogP contribution >= 0.6 is 0 Å². The van der Waals surface area contributed by atoms with Gasteiger partial charge in [-0.3, -0.25) is 14.9 Å². The molecule has 0 bridgehead atoms. The lowest BCUT2D eigenvalue weighted by Gasteiger charge is -2.10. The molecule has 1 unspecified atom stereocenters. The topological polar surface area (TPSA) is 81.5 Å². The lowest BCUT2D eigenvalue weighted by molar-refractivity contribution is -0.385. The van der Waals surface area contributed by atoms with Crippen LogP contribution in [0.1, 0.15) is 12.5 Å². The first-order chi connectivity index (χ1) is 7.95. The van der Waals surface area contributed by atoms with Gasteiger partial charge >= 0.3 is 0 Å². The van der Waals surface area contributed by atoms with E-state index >= 15 is 0 Å². The molecule has 1 N–H and O–H groups in total. The minimum atomic E-state index is -0.564. The fourth-order valence-electron chi connectivity index (χ4n) is 1.29. The summed E-state index contributed by atoms with van der Waals surface area (Å²) in [5, 5.41) is 13.2. The molecule has 0 spiro atoms. The number of hydrogen-bond donors (Lipinski definition) is 1. The molecular formula is C11H14N2O4. The summed E-state index contributed by atoms with van der Waals surface area (Å²) in [6.45, 7) is 3.24. The van der Waals surface area contributed by atoms with Gasteiger partial charge in [-0.15, -0.1) is 0 Å². The molecule has 0 aliphatic carbocycles. The van der Waals surface area contributed by atoms with Gasteiger partial charge in [-0.25, -0.2) is 0 Å². The van der Waals surface area contributed by atoms with E-state index < -0.39 is 11.0 Å². The number of nitro groups is 1. The first kappa shape index (κ1) is 13.1. The zero-order valence-corrected chi connectivity index (χ0v) is 9.89. The zero-order chi connectivity index (χ0) is 13.0. The van der Waals surface area contributed by atoms with Crippen LogP contribution in [0, 0.1) is 17.0 Å². The summed E-state index contributed by atoms with van der Waals surface area (Å²) in [5.74, 6) is -0.291. The Morgan fingerprint density at radius 1 is 1.53 bits per heavy atom. The van der Waals surface area contributed by atoms with Crippen molar-refractivity contribution in [3.63, 3.8) is 0 Å². The van der Waals surface area contributed by atoms with Crippen molar-refractivity contribution >= 4 is 17.3 Å². The number of amides is 1. The van der Waals surface area contributed by atoms with Crippen LogP contribution < -0.4 is 5.32 Å². The van der Waals surface area contributed by atoms with Gasteiger partial charge in [0, 0.05) is 24.4 Å². The van der Waals surface area contributed by atoms with Crippen molar-refractivity contribution in [2.24, 2.45) is 0 Å². The quantitative estimate of drug-likeness (QED) is 0.641. The van der Waals surface area contributed by atoms with Crippen molar-refractivity contribution in [3.05, 3.63) is 33.9 Å². The molecule has 0 aromatic heterocycles. The first-order valence-electron chi connectivity index (χ1n) is 5.04. The van der Waals surface area contributed by atoms with E-state index in [1.54, 1.807) is 19.9 Å². The minimum absolute atomic E-state index is 0.0304. The first-order valence-corrected chi connectivity index (χ1v) is 5.04. The number of carbonyl (C=O) groups is 1. The molecule has 0 heterocycles. The maximum atomic E-state index is 11.5. The number of anilines is 1. The Labute approximate surface area is 98.7 Å². The lowest BCUT2D eigenvalue weighted by Crippen LogP contribution is -2.26. The monoisotopic (exact) mass is 238 g/mol. The van der Waals surface area contributed by atoms with Crippen molar-refractivity contribution in [2.45, 2.75) is 20.0 Å². The third-order valence-electron chi connectivity index (χ3n) is 2.38. The zero-order valence-electron chi connectivity index (χ0n) is 9.89. The summed E-state index contributed by atoms with van der Waals surface area (Å²) in [5.41, 5.74) is 1.04. The second kappa shape index (κ2) is 5.40. The number of methoxy groups -OCH3 is 1. The Kier molecular flexibility index (Phi) is 4.17. The van der Waals surface area contributed by atoms with Gasteiger partial charge in [0.05, 0.1) is 4.92 Å². The van der Waals surface area contributed by atoms with E-state index in [-0.39, 0.29) is 11.6 Å². The molecule has 17 heavy (non-hydrogen) atoms. The number of hydrogen-bond acceptors (Lipinski definition) is 4. The standard InChI is InChI=1S/C11H14N2O4/c1-7-6-9(4-5-10(7)13(15)16)12-11(14)8(2)17-3/h4-6,8H,1-3H3,(H,12,14). The molecule has 1 aromatic rings. The molecule has 1 atom stereocenters. The summed E-state index contributed by atoms with van der Waals surface area (Å²) in [4.78, 5) is 21.7. The molecule has 6 nitrogen and oxygen atoms in total. The Bertz CT molecular complexity index is 445. The van der Waals surface area contributed by atoms with Crippen molar-refractivity contribution in [3.8, 4) is 0 Å². The highest BCUT2D eigenvalue weighted by Crippen LogP contribution is 2.21. The molecule has 0 saturated heterocycles. The van der Waals surface area contributed by atoms with E-state index in [1.807, 2.05) is 0 Å². The van der Waals surface area contributed by atoms with Gasteiger partial charge in [-0.05, 0) is 26.0 Å². The van der Waals surface area contributed by atoms with Crippen molar-refractivity contribution < 1.29 is 14.5 Å². The molecule has 92 valence electrons. The maximum Gasteiger partial charge on any atom is 0.272 e. The molecule has 1 amide bonds. The number of rotatable bonds is 4. The second-order valence-corrected chi connectivity index (χ2v) is 3.63. The van der Waals surface area contributed by atoms with E-state index in [9.17, 15) is 14.9 Å². The van der Waals surface area contributed by atoms with Crippen molar-refractivity contribution in [2.75, 3.05) is 12.4 Å². The number of benzene rings is 1. The van der Waals surface area contributed by atoms with Crippen LogP contribution in [0.2, 0.25) is 0 Å². The Morgan fingerprint density at radius 3 is 2.65 bits per heavy atom. The van der Waals surface area contributed by atoms with E-state index in [4.69, 9.17) is 4.74 Å². The second-order valence-electron chi connectivity index (χ2n) is 3.63. The number of carbonyl (C=O) groups excluding carboxylic acids is 1. The van der Waals surface area contributed by atoms with Gasteiger partial charge < -0.3 is 10.1 Å². The van der Waals surface area contributed by atoms with Crippen LogP contribution in [-0.2, 0) is 9.53 Å². The predicted octanol–water partition coefficient (Wildman–Crippen LogP) is 1.88. The normalized spacial score (nSPS) is 11.9. The summed E-state index contributed by atoms with van der Waals surface area (Å²) >= 11 is 0. The summed E-state index contributed by atoms with van der Waals surface area (Å²) in [7, 11) is 1.44. The van der Waals surface area contributed by atoms with Crippen molar-refractivity contribution in [1.82, 2.24) is 0 Å². The molecule has 0 aliphatic heterocycles. The molecule has 1 rings (SSSR count). The maximum absolute atomic E-state index is 11.5. The van der Waals surface area contributed by atoms with E-state index in [0.717, 1.165) is 0 Å². The average Bonchev–Trinajstić information content (AvgIpc) is 2.27. The molecule has 6 heteroatoms. The fraction of sp³-hybridized carbons (Fsp3) is 0.364. The largest absolute Gasteiger partial charge is 0.372 e. The molecule has 0 saturated carbocycles. The van der Waals surface area contributed by atoms with Crippen LogP contribution in [-0.4, -0.2) is 24.0 Å². The molecular weight excluding hydrogens is 224 g/mol. The van der Waals surface area contributed by atoms with Gasteiger partial charge in [0.25, 0.3) is 11.6 Å². The average molecular weight is 238 g/mol. The smallest absolute Gasteiger partial charge is 0.272 e. The molecule has 0 radical (unpaired) electrons. The number of nitro benzene ring substituents is 1. The van der Waals surface area contributed by atoms with E-state index in [2.05, 4.69) is 5.32 Å². The number of aryl methyl sites for hydroxylation is 1. The van der Waals surface area contributed by atoms with Crippen LogP contribution in [0.5, 0.6) is 0 Å². The fourth-order valence-corrected chi connectivity index (χ4v) is 1.29. The van der Waals surface area contributed by atoms with Crippen molar-refractivity contribution in [1.29, 1.82) is 0 Å². The Balaban J connectivity index is 2.84. The van der Waals surface area contributed by atoms with Crippen LogP contribution in [0.4, 0.5) is 11.4 Å². The highest BCUT2D eigenvalue weighted by Gasteiger charge is 2.14. The Hall–Kier alpha value is -1.95. The van der Waals surface area contributed by atoms with Gasteiger partial charge in [-0.1, -0.05) is 0 Å². The summed E-state index contributed by atoms with van der Waals surface area (Å²) < 4.78 is 4.86. The predicted molar refractivity (Wildman–Crippen MR) is 62.9 cm³/mol. The molecule has 1 aromatic carbocycles. The molecule has 0 aliphatic rings. The minimum Gasteiger partial charge on any atom is -0.372 e. The number of ether oxygens (including phenoxy) is 1. The van der Waals surface area contributed by atoms with E-state index in [1.165, 1.54) is 19.2 Å². The number of nitrogens with zero attached hydrogens (tertiary/aromatic N) is 1. The van der Waals surface area contributed by atoms with Gasteiger partial charge in [0.2, 0.25) is 0 Å². The van der Waals surface area contributed by atoms with Gasteiger partial charge in [0.1, 0.15) is 6.10 Å². The van der Waals surface area contributed by atoms with Crippen LogP contribution in [0.3, 0.4) is 0 Å². The summed E-state index contributed by atoms with van der Waals surface area (Å²) in [6, 6.07) is 4.41. The van der Waals surface area contributed by atoms with Gasteiger partial charge in [-0.2, -0.15) is 0 Å². The SMILES string of the molecule is COC(C)C(=O)Nc1ccc([N+](=O)[O-])c(C)c1. The third kappa shape index (κ3) is 3.25. The summed E-state index contributed by atoms with van der Waals surface area (Å²) in [6.07, 6.45) is -0.564. The third-order valence-corrected chi connectivity index (χ3v) is 2.38. The van der Waals surface area contributed by atoms with Crippen LogP contribution in [0.25, 0.3) is 0 Å². The lowest BCUT2D eigenvalue weighted by atomic mass is 10.2. The highest BCUT2D eigenvalue weighted by atomic mass is 16.6. The van der Waals surface area contributed by atoms with E-state index in [0.29, 0.717) is 11.3 Å².